The molecule has 0 bridgehead atoms. The summed E-state index contributed by atoms with van der Waals surface area (Å²) in [6, 6.07) is 12.4. The molecule has 2 aromatic rings. The first kappa shape index (κ1) is 20.7. The van der Waals surface area contributed by atoms with Crippen LogP contribution in [0.15, 0.2) is 57.6 Å². The van der Waals surface area contributed by atoms with E-state index in [2.05, 4.69) is 15.4 Å². The van der Waals surface area contributed by atoms with Crippen molar-refractivity contribution in [1.82, 2.24) is 9.78 Å². The van der Waals surface area contributed by atoms with Crippen molar-refractivity contribution in [3.63, 3.8) is 0 Å². The molecule has 0 saturated heterocycles. The summed E-state index contributed by atoms with van der Waals surface area (Å²) >= 11 is 5.54. The van der Waals surface area contributed by atoms with Crippen LogP contribution in [0.1, 0.15) is 37.4 Å². The number of hydrogen-bond acceptors (Lipinski definition) is 5. The van der Waals surface area contributed by atoms with Crippen molar-refractivity contribution in [3.8, 4) is 0 Å². The van der Waals surface area contributed by atoms with Gasteiger partial charge in [0.15, 0.2) is 5.84 Å². The fourth-order valence-corrected chi connectivity index (χ4v) is 3.11. The molecule has 5 N–H and O–H groups in total. The monoisotopic (exact) mass is 389 g/mol. The van der Waals surface area contributed by atoms with E-state index in [4.69, 9.17) is 28.6 Å². The molecule has 0 atom stereocenters. The Kier molecular flexibility index (Phi) is 8.09. The van der Waals surface area contributed by atoms with Gasteiger partial charge in [0.25, 0.3) is 5.56 Å². The Bertz CT molecular complexity index is 814. The van der Waals surface area contributed by atoms with E-state index >= 15 is 0 Å². The molecule has 0 unspecified atom stereocenters. The summed E-state index contributed by atoms with van der Waals surface area (Å²) in [5.74, 6) is 5.30. The molecule has 0 amide bonds. The highest BCUT2D eigenvalue weighted by molar-refractivity contribution is 6.30. The lowest BCUT2D eigenvalue weighted by Gasteiger charge is -2.28. The van der Waals surface area contributed by atoms with Gasteiger partial charge in [0, 0.05) is 11.1 Å². The van der Waals surface area contributed by atoms with E-state index in [0.29, 0.717) is 18.2 Å². The fourth-order valence-electron chi connectivity index (χ4n) is 2.96. The van der Waals surface area contributed by atoms with Gasteiger partial charge >= 0.3 is 0 Å². The molecule has 144 valence electrons. The lowest BCUT2D eigenvalue weighted by atomic mass is 9.86. The third kappa shape index (κ3) is 6.26. The van der Waals surface area contributed by atoms with Crippen LogP contribution >= 0.6 is 11.6 Å². The molecule has 1 saturated carbocycles. The second-order valence-corrected chi connectivity index (χ2v) is 6.71. The summed E-state index contributed by atoms with van der Waals surface area (Å²) in [6.45, 7) is 0.691. The molecule has 3 rings (SSSR count). The fraction of sp³-hybridized carbons (Fsp3) is 0.389. The molecule has 1 aromatic carbocycles. The minimum absolute atomic E-state index is 0.0628. The van der Waals surface area contributed by atoms with Crippen LogP contribution in [0, 0.1) is 11.3 Å². The topological polar surface area (TPSA) is 136 Å². The van der Waals surface area contributed by atoms with Crippen LogP contribution in [-0.2, 0) is 0 Å². The van der Waals surface area contributed by atoms with Gasteiger partial charge in [0.2, 0.25) is 0 Å². The zero-order valence-corrected chi connectivity index (χ0v) is 15.7. The summed E-state index contributed by atoms with van der Waals surface area (Å²) < 4.78 is 1.45. The molecule has 1 heterocycles. The van der Waals surface area contributed by atoms with Crippen molar-refractivity contribution in [1.29, 1.82) is 5.41 Å². The van der Waals surface area contributed by atoms with Gasteiger partial charge in [0.1, 0.15) is 5.69 Å². The van der Waals surface area contributed by atoms with Gasteiger partial charge < -0.3 is 11.6 Å². The number of nitrogens with one attached hydrogen (secondary N) is 1. The molecule has 0 aliphatic heterocycles. The van der Waals surface area contributed by atoms with Gasteiger partial charge in [-0.2, -0.15) is 5.10 Å². The predicted molar refractivity (Wildman–Crippen MR) is 106 cm³/mol. The van der Waals surface area contributed by atoms with Crippen molar-refractivity contribution in [2.24, 2.45) is 27.8 Å². The van der Waals surface area contributed by atoms with E-state index < -0.39 is 0 Å². The molecule has 9 heteroatoms. The highest BCUT2D eigenvalue weighted by Gasteiger charge is 2.23. The number of halogens is 1. The first-order chi connectivity index (χ1) is 13.0. The van der Waals surface area contributed by atoms with Crippen LogP contribution in [0.4, 0.5) is 0 Å². The van der Waals surface area contributed by atoms with Gasteiger partial charge in [-0.05, 0) is 56.3 Å². The molecule has 8 nitrogen and oxygen atoms in total. The normalized spacial score (nSPS) is 19.3. The van der Waals surface area contributed by atoms with E-state index in [-0.39, 0.29) is 17.4 Å². The first-order valence-electron chi connectivity index (χ1n) is 8.75. The maximum Gasteiger partial charge on any atom is 0.267 e. The summed E-state index contributed by atoms with van der Waals surface area (Å²) in [5, 5.41) is 19.1. The molecular formula is C18H24ClN7O. The highest BCUT2D eigenvalue weighted by atomic mass is 35.5. The second-order valence-electron chi connectivity index (χ2n) is 6.27. The Morgan fingerprint density at radius 1 is 1.19 bits per heavy atom. The Morgan fingerprint density at radius 3 is 2.37 bits per heavy atom. The van der Waals surface area contributed by atoms with Crippen molar-refractivity contribution >= 4 is 17.4 Å². The molecule has 1 aliphatic carbocycles. The van der Waals surface area contributed by atoms with Crippen LogP contribution < -0.4 is 17.1 Å². The molecular weight excluding hydrogens is 366 g/mol. The maximum absolute atomic E-state index is 11.9. The quantitative estimate of drug-likeness (QED) is 0.244. The average molecular weight is 390 g/mol. The number of nitrogens with zero attached hydrogens (tertiary/aromatic N) is 4. The summed E-state index contributed by atoms with van der Waals surface area (Å²) in [4.78, 5) is 11.9. The minimum Gasteiger partial charge on any atom is -0.330 e. The number of aromatic nitrogens is 2. The van der Waals surface area contributed by atoms with Gasteiger partial charge in [-0.15, -0.1) is 5.11 Å². The first-order valence-corrected chi connectivity index (χ1v) is 9.13. The smallest absolute Gasteiger partial charge is 0.267 e. The molecule has 1 aliphatic rings. The summed E-state index contributed by atoms with van der Waals surface area (Å²) in [6.07, 6.45) is 3.76. The maximum atomic E-state index is 11.9. The van der Waals surface area contributed by atoms with Crippen molar-refractivity contribution in [3.05, 3.63) is 63.5 Å². The van der Waals surface area contributed by atoms with Crippen LogP contribution in [0.5, 0.6) is 0 Å². The molecule has 1 fully saturated rings. The lowest BCUT2D eigenvalue weighted by molar-refractivity contribution is 0.258. The summed E-state index contributed by atoms with van der Waals surface area (Å²) in [5.41, 5.74) is 5.79. The van der Waals surface area contributed by atoms with Crippen LogP contribution in [0.3, 0.4) is 0 Å². The number of hydrogen-bond donors (Lipinski definition) is 3. The van der Waals surface area contributed by atoms with Crippen molar-refractivity contribution in [2.45, 2.75) is 31.7 Å². The second kappa shape index (κ2) is 10.5. The zero-order chi connectivity index (χ0) is 19.6. The van der Waals surface area contributed by atoms with E-state index in [0.717, 1.165) is 30.7 Å². The third-order valence-electron chi connectivity index (χ3n) is 4.45. The highest BCUT2D eigenvalue weighted by Crippen LogP contribution is 2.30. The van der Waals surface area contributed by atoms with Crippen LogP contribution in [-0.4, -0.2) is 22.2 Å². The number of amidine groups is 1. The van der Waals surface area contributed by atoms with Crippen molar-refractivity contribution < 1.29 is 0 Å². The molecule has 0 spiro atoms. The standard InChI is InChI=1S/C12H19N7O.C6H5Cl/c13-7-8-1-3-9(4-2-8)19-11(20)6-5-10(17-19)12(14)16-18-15;7-6-4-2-1-3-5-6/h5-6,8-9H,1-4,7,13H2,(H3,14,15,16);1-5H. The summed E-state index contributed by atoms with van der Waals surface area (Å²) in [7, 11) is 0. The van der Waals surface area contributed by atoms with Crippen LogP contribution in [0.25, 0.3) is 0 Å². The van der Waals surface area contributed by atoms with Gasteiger partial charge in [-0.1, -0.05) is 35.0 Å². The number of nitrogens with two attached hydrogens (primary N) is 2. The average Bonchev–Trinajstić information content (AvgIpc) is 2.70. The number of benzene rings is 1. The van der Waals surface area contributed by atoms with E-state index in [9.17, 15) is 4.79 Å². The Balaban J connectivity index is 0.000000313. The Hall–Kier alpha value is -2.58. The molecule has 0 radical (unpaired) electrons. The largest absolute Gasteiger partial charge is 0.330 e. The van der Waals surface area contributed by atoms with E-state index in [1.165, 1.54) is 16.8 Å². The lowest BCUT2D eigenvalue weighted by Crippen LogP contribution is -2.32. The van der Waals surface area contributed by atoms with Crippen LogP contribution in [0.2, 0.25) is 5.02 Å². The molecule has 27 heavy (non-hydrogen) atoms. The van der Waals surface area contributed by atoms with Gasteiger partial charge in [-0.3, -0.25) is 10.2 Å². The van der Waals surface area contributed by atoms with Crippen molar-refractivity contribution in [2.75, 3.05) is 6.54 Å². The Labute approximate surface area is 162 Å². The van der Waals surface area contributed by atoms with Gasteiger partial charge in [0.05, 0.1) is 6.04 Å². The minimum atomic E-state index is -0.164. The molecule has 1 aromatic heterocycles. The zero-order valence-electron chi connectivity index (χ0n) is 15.0. The number of rotatable bonds is 3. The Morgan fingerprint density at radius 2 is 1.85 bits per heavy atom. The predicted octanol–water partition coefficient (Wildman–Crippen LogP) is 2.92. The van der Waals surface area contributed by atoms with E-state index in [1.807, 2.05) is 30.3 Å². The van der Waals surface area contributed by atoms with E-state index in [1.54, 1.807) is 0 Å². The van der Waals surface area contributed by atoms with Gasteiger partial charge in [-0.25, -0.2) is 4.68 Å². The third-order valence-corrected chi connectivity index (χ3v) is 4.71. The SMILES string of the molecule is Clc1ccccc1.N=C(N=NN)c1ccc(=O)n(C2CCC(CN)CC2)n1.